The van der Waals surface area contributed by atoms with Crippen molar-refractivity contribution in [1.29, 1.82) is 0 Å². The Morgan fingerprint density at radius 2 is 1.87 bits per heavy atom. The van der Waals surface area contributed by atoms with Crippen molar-refractivity contribution < 1.29 is 28.6 Å². The predicted molar refractivity (Wildman–Crippen MR) is 108 cm³/mol. The summed E-state index contributed by atoms with van der Waals surface area (Å²) in [6, 6.07) is 3.80. The van der Waals surface area contributed by atoms with E-state index in [4.69, 9.17) is 14.2 Å². The Morgan fingerprint density at radius 1 is 1.17 bits per heavy atom. The number of likely N-dealkylation sites (tertiary alicyclic amines) is 1. The lowest BCUT2D eigenvalue weighted by atomic mass is 9.51. The average Bonchev–Trinajstić information content (AvgIpc) is 2.67. The highest BCUT2D eigenvalue weighted by Crippen LogP contribution is 2.60. The van der Waals surface area contributed by atoms with Gasteiger partial charge in [0.2, 0.25) is 0 Å². The normalized spacial score (nSPS) is 30.0. The number of fused-ring (bicyclic) bond motifs is 1. The number of allylic oxidation sites excluding steroid dienone is 1. The van der Waals surface area contributed by atoms with Crippen LogP contribution in [0.15, 0.2) is 24.0 Å². The van der Waals surface area contributed by atoms with E-state index in [1.165, 1.54) is 21.0 Å². The lowest BCUT2D eigenvalue weighted by Crippen LogP contribution is -2.61. The minimum absolute atomic E-state index is 0.00767. The minimum atomic E-state index is -0.543. The number of piperidine rings is 1. The van der Waals surface area contributed by atoms with Gasteiger partial charge in [-0.15, -0.1) is 0 Å². The van der Waals surface area contributed by atoms with Crippen molar-refractivity contribution in [3.05, 3.63) is 35.1 Å². The molecule has 4 atom stereocenters. The third kappa shape index (κ3) is 2.95. The van der Waals surface area contributed by atoms with Crippen molar-refractivity contribution >= 4 is 17.7 Å². The highest BCUT2D eigenvalue weighted by atomic mass is 16.6. The number of benzene rings is 1. The number of esters is 2. The number of likely N-dealkylation sites (N-methyl/N-ethyl adjacent to an activating group) is 1. The molecule has 3 aliphatic rings. The molecule has 1 aromatic carbocycles. The number of Topliss-reactive ketones (excluding diaryl/α,β-unsaturated/α-hetero) is 1. The molecule has 0 radical (unpaired) electrons. The molecule has 1 saturated heterocycles. The summed E-state index contributed by atoms with van der Waals surface area (Å²) in [6.07, 6.45) is 2.93. The van der Waals surface area contributed by atoms with Crippen LogP contribution in [0.2, 0.25) is 0 Å². The van der Waals surface area contributed by atoms with Gasteiger partial charge in [0.1, 0.15) is 0 Å². The Balaban J connectivity index is 2.02. The molecule has 160 valence electrons. The number of ketones is 1. The zero-order valence-corrected chi connectivity index (χ0v) is 18.0. The van der Waals surface area contributed by atoms with E-state index in [0.29, 0.717) is 5.76 Å². The molecular formula is C23H27NO6. The molecular weight excluding hydrogens is 386 g/mol. The monoisotopic (exact) mass is 413 g/mol. The molecule has 0 N–H and O–H groups in total. The number of hydrogen-bond donors (Lipinski definition) is 0. The summed E-state index contributed by atoms with van der Waals surface area (Å²) in [5.74, 6) is -0.0762. The Morgan fingerprint density at radius 3 is 2.50 bits per heavy atom. The van der Waals surface area contributed by atoms with E-state index in [-0.39, 0.29) is 41.6 Å². The van der Waals surface area contributed by atoms with Crippen LogP contribution in [0.4, 0.5) is 0 Å². The molecule has 2 unspecified atom stereocenters. The van der Waals surface area contributed by atoms with E-state index >= 15 is 0 Å². The summed E-state index contributed by atoms with van der Waals surface area (Å²) in [4.78, 5) is 39.0. The lowest BCUT2D eigenvalue weighted by Gasteiger charge is -2.58. The molecule has 1 aromatic rings. The number of nitrogens with zero attached hydrogens (tertiary/aromatic N) is 1. The number of carbonyl (C=O) groups is 3. The molecule has 0 aromatic heterocycles. The second-order valence-corrected chi connectivity index (χ2v) is 8.57. The maximum absolute atomic E-state index is 12.9. The molecule has 0 spiro atoms. The highest BCUT2D eigenvalue weighted by molar-refractivity contribution is 5.96. The zero-order chi connectivity index (χ0) is 21.8. The lowest BCUT2D eigenvalue weighted by molar-refractivity contribution is -0.134. The highest BCUT2D eigenvalue weighted by Gasteiger charge is 2.58. The van der Waals surface area contributed by atoms with Gasteiger partial charge in [0.25, 0.3) is 0 Å². The third-order valence-corrected chi connectivity index (χ3v) is 6.88. The van der Waals surface area contributed by atoms with Crippen LogP contribution in [0, 0.1) is 5.92 Å². The molecule has 1 aliphatic heterocycles. The molecule has 1 heterocycles. The summed E-state index contributed by atoms with van der Waals surface area (Å²) < 4.78 is 16.4. The van der Waals surface area contributed by atoms with Crippen LogP contribution >= 0.6 is 0 Å². The fourth-order valence-electron chi connectivity index (χ4n) is 5.78. The van der Waals surface area contributed by atoms with E-state index in [1.54, 1.807) is 6.07 Å². The van der Waals surface area contributed by atoms with Crippen molar-refractivity contribution in [3.8, 4) is 11.5 Å². The van der Waals surface area contributed by atoms with Crippen LogP contribution in [0.5, 0.6) is 11.5 Å². The first-order chi connectivity index (χ1) is 14.2. The molecule has 7 heteroatoms. The largest absolute Gasteiger partial charge is 0.493 e. The smallest absolute Gasteiger partial charge is 0.308 e. The number of carbonyl (C=O) groups excluding carboxylic acids is 3. The molecule has 0 amide bonds. The van der Waals surface area contributed by atoms with E-state index in [9.17, 15) is 14.4 Å². The van der Waals surface area contributed by atoms with Crippen LogP contribution in [0.25, 0.3) is 0 Å². The topological polar surface area (TPSA) is 82.1 Å². The predicted octanol–water partition coefficient (Wildman–Crippen LogP) is 2.72. The molecule has 30 heavy (non-hydrogen) atoms. The van der Waals surface area contributed by atoms with Gasteiger partial charge in [0.15, 0.2) is 23.0 Å². The third-order valence-electron chi connectivity index (χ3n) is 6.88. The first-order valence-corrected chi connectivity index (χ1v) is 10.2. The summed E-state index contributed by atoms with van der Waals surface area (Å²) >= 11 is 0. The van der Waals surface area contributed by atoms with E-state index in [0.717, 1.165) is 24.1 Å². The maximum Gasteiger partial charge on any atom is 0.308 e. The Bertz CT molecular complexity index is 967. The van der Waals surface area contributed by atoms with Gasteiger partial charge in [0.05, 0.1) is 7.11 Å². The zero-order valence-electron chi connectivity index (χ0n) is 18.0. The van der Waals surface area contributed by atoms with Gasteiger partial charge in [-0.05, 0) is 43.6 Å². The number of rotatable bonds is 3. The van der Waals surface area contributed by atoms with E-state index < -0.39 is 17.4 Å². The SMILES string of the molecule is COC1=CC2C3[C@H](C)c4ccc(OC(C)=O)c(OC(C)=O)c4[C@]2(CCN3C)CC1=O. The molecule has 1 fully saturated rings. The van der Waals surface area contributed by atoms with Crippen LogP contribution in [0.3, 0.4) is 0 Å². The van der Waals surface area contributed by atoms with Gasteiger partial charge in [-0.25, -0.2) is 0 Å². The fraction of sp³-hybridized carbons (Fsp3) is 0.522. The van der Waals surface area contributed by atoms with Crippen molar-refractivity contribution in [2.75, 3.05) is 20.7 Å². The molecule has 2 aliphatic carbocycles. The average molecular weight is 413 g/mol. The summed E-state index contributed by atoms with van der Waals surface area (Å²) in [6.45, 7) is 5.59. The molecule has 0 saturated carbocycles. The molecule has 7 nitrogen and oxygen atoms in total. The Kier molecular flexibility index (Phi) is 4.97. The fourth-order valence-corrected chi connectivity index (χ4v) is 5.78. The number of hydrogen-bond acceptors (Lipinski definition) is 7. The van der Waals surface area contributed by atoms with Crippen LogP contribution in [-0.2, 0) is 24.5 Å². The minimum Gasteiger partial charge on any atom is -0.493 e. The van der Waals surface area contributed by atoms with E-state index in [1.807, 2.05) is 12.1 Å². The Hall–Kier alpha value is -2.67. The first kappa shape index (κ1) is 20.6. The second-order valence-electron chi connectivity index (χ2n) is 8.57. The van der Waals surface area contributed by atoms with E-state index in [2.05, 4.69) is 18.9 Å². The van der Waals surface area contributed by atoms with Gasteiger partial charge in [-0.1, -0.05) is 13.0 Å². The van der Waals surface area contributed by atoms with Gasteiger partial charge in [0, 0.05) is 43.2 Å². The van der Waals surface area contributed by atoms with Gasteiger partial charge in [-0.3, -0.25) is 14.4 Å². The summed E-state index contributed by atoms with van der Waals surface area (Å²) in [5.41, 5.74) is 1.30. The van der Waals surface area contributed by atoms with Crippen molar-refractivity contribution in [3.63, 3.8) is 0 Å². The van der Waals surface area contributed by atoms with Crippen molar-refractivity contribution in [2.24, 2.45) is 5.92 Å². The Labute approximate surface area is 176 Å². The summed E-state index contributed by atoms with van der Waals surface area (Å²) in [7, 11) is 3.62. The molecule has 4 rings (SSSR count). The van der Waals surface area contributed by atoms with Crippen molar-refractivity contribution in [2.45, 2.75) is 51.0 Å². The number of methoxy groups -OCH3 is 1. The number of ether oxygens (including phenoxy) is 3. The standard InChI is InChI=1S/C23H27NO6/c1-12-15-6-7-18(29-13(2)25)22(30-14(3)26)20(15)23-8-9-24(4)21(12)16(23)10-19(28-5)17(27)11-23/h6-7,10,12,16,21H,8-9,11H2,1-5H3/t12-,16?,21?,23-/m1/s1. The second kappa shape index (κ2) is 7.23. The van der Waals surface area contributed by atoms with Gasteiger partial charge in [-0.2, -0.15) is 0 Å². The quantitative estimate of drug-likeness (QED) is 0.557. The van der Waals surface area contributed by atoms with Gasteiger partial charge < -0.3 is 19.1 Å². The van der Waals surface area contributed by atoms with Crippen molar-refractivity contribution in [1.82, 2.24) is 4.90 Å². The first-order valence-electron chi connectivity index (χ1n) is 10.2. The van der Waals surface area contributed by atoms with Crippen LogP contribution in [-0.4, -0.2) is 49.4 Å². The maximum atomic E-state index is 12.9. The van der Waals surface area contributed by atoms with Gasteiger partial charge >= 0.3 is 11.9 Å². The van der Waals surface area contributed by atoms with Crippen LogP contribution in [0.1, 0.15) is 50.7 Å². The van der Waals surface area contributed by atoms with Crippen LogP contribution < -0.4 is 9.47 Å². The summed E-state index contributed by atoms with van der Waals surface area (Å²) in [5, 5.41) is 0. The molecule has 2 bridgehead atoms.